The fraction of sp³-hybridized carbons (Fsp3) is 0.500. The van der Waals surface area contributed by atoms with E-state index in [1.807, 2.05) is 22.5 Å². The Bertz CT molecular complexity index is 934. The lowest BCUT2D eigenvalue weighted by atomic mass is 9.92. The van der Waals surface area contributed by atoms with Crippen LogP contribution in [0.15, 0.2) is 33.7 Å². The first-order chi connectivity index (χ1) is 12.9. The topological polar surface area (TPSA) is 39.3 Å². The summed E-state index contributed by atoms with van der Waals surface area (Å²) in [6, 6.07) is 4.82. The van der Waals surface area contributed by atoms with E-state index in [0.717, 1.165) is 30.7 Å². The van der Waals surface area contributed by atoms with Crippen molar-refractivity contribution in [1.29, 1.82) is 0 Å². The lowest BCUT2D eigenvalue weighted by molar-refractivity contribution is -0.137. The van der Waals surface area contributed by atoms with Crippen LogP contribution in [0.1, 0.15) is 62.2 Å². The molecule has 0 N–H and O–H groups in total. The molecule has 1 aromatic heterocycles. The van der Waals surface area contributed by atoms with E-state index >= 15 is 0 Å². The second-order valence-corrected chi connectivity index (χ2v) is 8.60. The van der Waals surface area contributed by atoms with Gasteiger partial charge in [-0.15, -0.1) is 0 Å². The van der Waals surface area contributed by atoms with Crippen LogP contribution in [0.3, 0.4) is 0 Å². The molecule has 0 atom stereocenters. The summed E-state index contributed by atoms with van der Waals surface area (Å²) < 4.78 is 43.2. The number of benzene rings is 1. The van der Waals surface area contributed by atoms with Gasteiger partial charge in [0.2, 0.25) is 0 Å². The van der Waals surface area contributed by atoms with Gasteiger partial charge in [0.25, 0.3) is 5.91 Å². The molecule has 28 heavy (non-hydrogen) atoms. The second-order valence-electron chi connectivity index (χ2n) is 7.75. The standard InChI is InChI=1S/C20H25BrF3N3O/c1-6-7-10-27-17(12-16(26(27)5)19(2,3)4)25-18(28)14-11-13(20(22,23)24)8-9-15(14)21/h8-9,11-12H,6-7,10H2,1-5H3/b25-17+. The molecule has 0 bridgehead atoms. The average molecular weight is 460 g/mol. The van der Waals surface area contributed by atoms with E-state index in [2.05, 4.69) is 48.6 Å². The molecule has 1 aromatic carbocycles. The van der Waals surface area contributed by atoms with Crippen LogP contribution in [0.2, 0.25) is 0 Å². The number of carbonyl (C=O) groups is 1. The van der Waals surface area contributed by atoms with Crippen molar-refractivity contribution in [2.45, 2.75) is 58.7 Å². The van der Waals surface area contributed by atoms with Crippen LogP contribution in [0, 0.1) is 0 Å². The number of carbonyl (C=O) groups excluding carboxylic acids is 1. The Balaban J connectivity index is 2.60. The summed E-state index contributed by atoms with van der Waals surface area (Å²) in [5, 5.41) is 0. The Labute approximate surface area is 171 Å². The lowest BCUT2D eigenvalue weighted by Crippen LogP contribution is -2.25. The highest BCUT2D eigenvalue weighted by molar-refractivity contribution is 9.10. The van der Waals surface area contributed by atoms with Crippen LogP contribution in [-0.2, 0) is 25.2 Å². The number of nitrogens with zero attached hydrogens (tertiary/aromatic N) is 3. The molecule has 0 radical (unpaired) electrons. The smallest absolute Gasteiger partial charge is 0.291 e. The summed E-state index contributed by atoms with van der Waals surface area (Å²) in [6.07, 6.45) is -2.66. The van der Waals surface area contributed by atoms with E-state index in [4.69, 9.17) is 0 Å². The number of aromatic nitrogens is 2. The van der Waals surface area contributed by atoms with Crippen LogP contribution in [-0.4, -0.2) is 15.3 Å². The summed E-state index contributed by atoms with van der Waals surface area (Å²) in [5.74, 6) is -0.714. The number of alkyl halides is 3. The monoisotopic (exact) mass is 459 g/mol. The lowest BCUT2D eigenvalue weighted by Gasteiger charge is -2.20. The molecule has 1 heterocycles. The quantitative estimate of drug-likeness (QED) is 0.599. The van der Waals surface area contributed by atoms with Crippen molar-refractivity contribution in [2.75, 3.05) is 0 Å². The first kappa shape index (κ1) is 22.5. The van der Waals surface area contributed by atoms with Crippen LogP contribution in [0.25, 0.3) is 0 Å². The van der Waals surface area contributed by atoms with Crippen LogP contribution in [0.5, 0.6) is 0 Å². The molecule has 8 heteroatoms. The molecule has 2 rings (SSSR count). The molecule has 0 saturated heterocycles. The van der Waals surface area contributed by atoms with E-state index in [1.54, 1.807) is 0 Å². The maximum atomic E-state index is 13.0. The fourth-order valence-corrected chi connectivity index (χ4v) is 3.38. The van der Waals surface area contributed by atoms with Crippen molar-refractivity contribution in [3.05, 3.63) is 51.0 Å². The molecule has 0 spiro atoms. The number of hydrogen-bond acceptors (Lipinski definition) is 1. The van der Waals surface area contributed by atoms with Crippen LogP contribution in [0.4, 0.5) is 13.2 Å². The normalized spacial score (nSPS) is 13.2. The van der Waals surface area contributed by atoms with Gasteiger partial charge in [-0.05, 0) is 40.5 Å². The molecule has 0 saturated carbocycles. The molecule has 1 amide bonds. The van der Waals surface area contributed by atoms with Gasteiger partial charge in [-0.2, -0.15) is 18.2 Å². The predicted molar refractivity (Wildman–Crippen MR) is 106 cm³/mol. The highest BCUT2D eigenvalue weighted by Crippen LogP contribution is 2.32. The fourth-order valence-electron chi connectivity index (χ4n) is 2.97. The highest BCUT2D eigenvalue weighted by atomic mass is 79.9. The average Bonchev–Trinajstić information content (AvgIpc) is 2.88. The number of hydrogen-bond donors (Lipinski definition) is 0. The molecule has 2 aromatic rings. The van der Waals surface area contributed by atoms with Crippen molar-refractivity contribution in [3.8, 4) is 0 Å². The number of halogens is 4. The molecular weight excluding hydrogens is 435 g/mol. The molecule has 0 aliphatic rings. The van der Waals surface area contributed by atoms with Crippen molar-refractivity contribution >= 4 is 21.8 Å². The molecule has 0 fully saturated rings. The summed E-state index contributed by atoms with van der Waals surface area (Å²) in [5.41, 5.74) is 0.263. The largest absolute Gasteiger partial charge is 0.416 e. The SMILES string of the molecule is CCCCn1/c(=N/C(=O)c2cc(C(F)(F)F)ccc2Br)cc(C(C)(C)C)n1C. The van der Waals surface area contributed by atoms with E-state index in [1.165, 1.54) is 6.07 Å². The Morgan fingerprint density at radius 1 is 1.18 bits per heavy atom. The van der Waals surface area contributed by atoms with Gasteiger partial charge in [0.15, 0.2) is 5.49 Å². The minimum Gasteiger partial charge on any atom is -0.291 e. The maximum absolute atomic E-state index is 13.0. The first-order valence-corrected chi connectivity index (χ1v) is 9.88. The number of amides is 1. The third kappa shape index (κ3) is 4.96. The molecule has 154 valence electrons. The third-order valence-corrected chi connectivity index (χ3v) is 5.16. The van der Waals surface area contributed by atoms with E-state index in [-0.39, 0.29) is 15.5 Å². The first-order valence-electron chi connectivity index (χ1n) is 9.09. The van der Waals surface area contributed by atoms with E-state index in [9.17, 15) is 18.0 Å². The second kappa shape index (κ2) is 8.27. The van der Waals surface area contributed by atoms with Gasteiger partial charge in [-0.25, -0.2) is 0 Å². The summed E-state index contributed by atoms with van der Waals surface area (Å²) >= 11 is 3.16. The number of rotatable bonds is 4. The highest BCUT2D eigenvalue weighted by Gasteiger charge is 2.31. The zero-order valence-electron chi connectivity index (χ0n) is 16.7. The third-order valence-electron chi connectivity index (χ3n) is 4.47. The summed E-state index contributed by atoms with van der Waals surface area (Å²) in [4.78, 5) is 16.9. The summed E-state index contributed by atoms with van der Waals surface area (Å²) in [7, 11) is 1.90. The van der Waals surface area contributed by atoms with E-state index < -0.39 is 17.6 Å². The minimum absolute atomic E-state index is 0.113. The molecule has 0 aliphatic heterocycles. The van der Waals surface area contributed by atoms with Gasteiger partial charge < -0.3 is 0 Å². The van der Waals surface area contributed by atoms with E-state index in [0.29, 0.717) is 12.0 Å². The Kier molecular flexibility index (Phi) is 6.63. The maximum Gasteiger partial charge on any atom is 0.416 e. The molecule has 0 aliphatic carbocycles. The van der Waals surface area contributed by atoms with Gasteiger partial charge in [-0.3, -0.25) is 14.2 Å². The van der Waals surface area contributed by atoms with Gasteiger partial charge in [0.05, 0.1) is 11.1 Å². The van der Waals surface area contributed by atoms with Gasteiger partial charge in [-0.1, -0.05) is 34.1 Å². The van der Waals surface area contributed by atoms with Crippen molar-refractivity contribution in [1.82, 2.24) is 9.36 Å². The predicted octanol–water partition coefficient (Wildman–Crippen LogP) is 5.45. The van der Waals surface area contributed by atoms with Crippen molar-refractivity contribution < 1.29 is 18.0 Å². The zero-order valence-corrected chi connectivity index (χ0v) is 18.3. The Morgan fingerprint density at radius 2 is 1.82 bits per heavy atom. The van der Waals surface area contributed by atoms with Gasteiger partial charge >= 0.3 is 6.18 Å². The molecular formula is C20H25BrF3N3O. The Hall–Kier alpha value is -1.83. The number of unbranched alkanes of at least 4 members (excludes halogenated alkanes) is 1. The zero-order chi connectivity index (χ0) is 21.3. The van der Waals surface area contributed by atoms with Crippen molar-refractivity contribution in [2.24, 2.45) is 12.0 Å². The Morgan fingerprint density at radius 3 is 2.36 bits per heavy atom. The summed E-state index contributed by atoms with van der Waals surface area (Å²) in [6.45, 7) is 8.90. The van der Waals surface area contributed by atoms with Crippen LogP contribution < -0.4 is 5.49 Å². The molecule has 0 unspecified atom stereocenters. The van der Waals surface area contributed by atoms with Gasteiger partial charge in [0.1, 0.15) is 0 Å². The van der Waals surface area contributed by atoms with Crippen molar-refractivity contribution in [3.63, 3.8) is 0 Å². The molecule has 4 nitrogen and oxygen atoms in total. The van der Waals surface area contributed by atoms with Gasteiger partial charge in [0, 0.05) is 35.2 Å². The minimum atomic E-state index is -4.52. The van der Waals surface area contributed by atoms with Crippen LogP contribution >= 0.6 is 15.9 Å².